The van der Waals surface area contributed by atoms with E-state index in [-0.39, 0.29) is 37.5 Å². The third-order valence-corrected chi connectivity index (χ3v) is 5.20. The second kappa shape index (κ2) is 13.6. The lowest BCUT2D eigenvalue weighted by Gasteiger charge is -2.23. The van der Waals surface area contributed by atoms with Gasteiger partial charge in [0.05, 0.1) is 6.04 Å². The summed E-state index contributed by atoms with van der Waals surface area (Å²) in [6, 6.07) is 12.1. The third-order valence-electron chi connectivity index (χ3n) is 5.20. The van der Waals surface area contributed by atoms with Crippen molar-refractivity contribution in [3.8, 4) is 5.75 Å². The lowest BCUT2D eigenvalue weighted by molar-refractivity contribution is -0.142. The SMILES string of the molecule is NC(N)=NCCC[C@H](NC(=O)[C@H](Cc1ccccc1)NC(=O)[C@@H](N)Cc1ccc(O)cc1)C(=O)O. The summed E-state index contributed by atoms with van der Waals surface area (Å²) in [5.41, 5.74) is 18.1. The molecule has 0 aromatic heterocycles. The van der Waals surface area contributed by atoms with Crippen molar-refractivity contribution in [3.05, 3.63) is 65.7 Å². The molecule has 0 heterocycles. The number of benzene rings is 2. The third kappa shape index (κ3) is 9.72. The van der Waals surface area contributed by atoms with Crippen LogP contribution in [-0.4, -0.2) is 58.6 Å². The number of phenolic OH excluding ortho intramolecular Hbond substituents is 1. The van der Waals surface area contributed by atoms with Crippen LogP contribution in [0.2, 0.25) is 0 Å². The van der Waals surface area contributed by atoms with Crippen molar-refractivity contribution in [2.45, 2.75) is 43.8 Å². The van der Waals surface area contributed by atoms with Crippen LogP contribution in [0.25, 0.3) is 0 Å². The number of aromatic hydroxyl groups is 1. The van der Waals surface area contributed by atoms with E-state index in [0.29, 0.717) is 6.42 Å². The molecule has 188 valence electrons. The van der Waals surface area contributed by atoms with Crippen LogP contribution in [0.15, 0.2) is 59.6 Å². The summed E-state index contributed by atoms with van der Waals surface area (Å²) in [6.45, 7) is 0.221. The van der Waals surface area contributed by atoms with Crippen molar-refractivity contribution in [3.63, 3.8) is 0 Å². The fourth-order valence-corrected chi connectivity index (χ4v) is 3.35. The number of nitrogens with one attached hydrogen (secondary N) is 2. The molecule has 2 amide bonds. The summed E-state index contributed by atoms with van der Waals surface area (Å²) in [4.78, 5) is 41.3. The quantitative estimate of drug-likeness (QED) is 0.113. The molecular weight excluding hydrogens is 452 g/mol. The molecule has 0 aliphatic carbocycles. The molecule has 11 nitrogen and oxygen atoms in total. The smallest absolute Gasteiger partial charge is 0.326 e. The van der Waals surface area contributed by atoms with Crippen LogP contribution in [0, 0.1) is 0 Å². The van der Waals surface area contributed by atoms with Gasteiger partial charge < -0.3 is 38.0 Å². The highest BCUT2D eigenvalue weighted by atomic mass is 16.4. The fourth-order valence-electron chi connectivity index (χ4n) is 3.35. The van der Waals surface area contributed by atoms with Gasteiger partial charge in [-0.1, -0.05) is 42.5 Å². The lowest BCUT2D eigenvalue weighted by atomic mass is 10.0. The fraction of sp³-hybridized carbons (Fsp3) is 0.333. The van der Waals surface area contributed by atoms with Crippen LogP contribution in [-0.2, 0) is 27.2 Å². The Labute approximate surface area is 203 Å². The number of carbonyl (C=O) groups is 3. The standard InChI is InChI=1S/C24H32N6O5/c25-18(13-16-8-10-17(31)11-9-16)21(32)30-20(14-15-5-2-1-3-6-15)22(33)29-19(23(34)35)7-4-12-28-24(26)27/h1-3,5-6,8-11,18-20,31H,4,7,12-14,25H2,(H,29,33)(H,30,32)(H,34,35)(H4,26,27,28)/t18-,19-,20-/m0/s1. The van der Waals surface area contributed by atoms with E-state index in [9.17, 15) is 24.6 Å². The molecule has 0 aliphatic rings. The average molecular weight is 485 g/mol. The van der Waals surface area contributed by atoms with Crippen LogP contribution in [0.3, 0.4) is 0 Å². The van der Waals surface area contributed by atoms with E-state index >= 15 is 0 Å². The minimum Gasteiger partial charge on any atom is -0.508 e. The zero-order valence-electron chi connectivity index (χ0n) is 19.3. The number of nitrogens with zero attached hydrogens (tertiary/aromatic N) is 1. The number of phenols is 1. The molecule has 0 bridgehead atoms. The van der Waals surface area contributed by atoms with Crippen LogP contribution in [0.1, 0.15) is 24.0 Å². The molecular formula is C24H32N6O5. The van der Waals surface area contributed by atoms with Crippen molar-refractivity contribution >= 4 is 23.7 Å². The first-order valence-electron chi connectivity index (χ1n) is 11.1. The van der Waals surface area contributed by atoms with Crippen molar-refractivity contribution in [2.75, 3.05) is 6.54 Å². The highest BCUT2D eigenvalue weighted by molar-refractivity contribution is 5.92. The molecule has 0 aliphatic heterocycles. The van der Waals surface area contributed by atoms with E-state index in [4.69, 9.17) is 17.2 Å². The normalized spacial score (nSPS) is 13.2. The number of carboxylic acids is 1. The molecule has 10 N–H and O–H groups in total. The Hall–Kier alpha value is -4.12. The first-order chi connectivity index (χ1) is 16.7. The molecule has 35 heavy (non-hydrogen) atoms. The Morgan fingerprint density at radius 3 is 2.06 bits per heavy atom. The number of carboxylic acid groups (broad SMARTS) is 1. The van der Waals surface area contributed by atoms with E-state index in [2.05, 4.69) is 15.6 Å². The van der Waals surface area contributed by atoms with Gasteiger partial charge in [-0.25, -0.2) is 4.79 Å². The molecule has 0 spiro atoms. The van der Waals surface area contributed by atoms with Crippen molar-refractivity contribution in [2.24, 2.45) is 22.2 Å². The monoisotopic (exact) mass is 484 g/mol. The van der Waals surface area contributed by atoms with Gasteiger partial charge >= 0.3 is 5.97 Å². The van der Waals surface area contributed by atoms with Crippen LogP contribution >= 0.6 is 0 Å². The van der Waals surface area contributed by atoms with E-state index in [0.717, 1.165) is 11.1 Å². The Balaban J connectivity index is 2.09. The van der Waals surface area contributed by atoms with Crippen molar-refractivity contribution in [1.82, 2.24) is 10.6 Å². The Morgan fingerprint density at radius 1 is 0.857 bits per heavy atom. The van der Waals surface area contributed by atoms with Gasteiger partial charge in [0.2, 0.25) is 11.8 Å². The summed E-state index contributed by atoms with van der Waals surface area (Å²) < 4.78 is 0. The van der Waals surface area contributed by atoms with Gasteiger partial charge in [0.25, 0.3) is 0 Å². The van der Waals surface area contributed by atoms with E-state index in [1.165, 1.54) is 12.1 Å². The number of hydrogen-bond donors (Lipinski definition) is 7. The molecule has 11 heteroatoms. The van der Waals surface area contributed by atoms with Crippen LogP contribution < -0.4 is 27.8 Å². The number of nitrogens with two attached hydrogens (primary N) is 3. The Morgan fingerprint density at radius 2 is 1.46 bits per heavy atom. The van der Waals surface area contributed by atoms with Gasteiger partial charge in [-0.3, -0.25) is 14.6 Å². The number of hydrogen-bond acceptors (Lipinski definition) is 6. The maximum absolute atomic E-state index is 13.0. The number of rotatable bonds is 13. The lowest BCUT2D eigenvalue weighted by Crippen LogP contribution is -2.55. The summed E-state index contributed by atoms with van der Waals surface area (Å²) in [5, 5.41) is 24.1. The van der Waals surface area contributed by atoms with Gasteiger partial charge in [-0.2, -0.15) is 0 Å². The van der Waals surface area contributed by atoms with Gasteiger partial charge in [0.15, 0.2) is 5.96 Å². The minimum atomic E-state index is -1.21. The number of aliphatic imine (C=N–C) groups is 1. The number of carbonyl (C=O) groups excluding carboxylic acids is 2. The summed E-state index contributed by atoms with van der Waals surface area (Å²) in [5.74, 6) is -2.42. The van der Waals surface area contributed by atoms with E-state index in [1.54, 1.807) is 36.4 Å². The summed E-state index contributed by atoms with van der Waals surface area (Å²) >= 11 is 0. The predicted octanol–water partition coefficient (Wildman–Crippen LogP) is -0.387. The first-order valence-corrected chi connectivity index (χ1v) is 11.1. The first kappa shape index (κ1) is 27.1. The topological polar surface area (TPSA) is 206 Å². The molecule has 0 unspecified atom stereocenters. The zero-order chi connectivity index (χ0) is 25.8. The van der Waals surface area contributed by atoms with Crippen molar-refractivity contribution in [1.29, 1.82) is 0 Å². The molecule has 0 saturated carbocycles. The Kier molecular flexibility index (Phi) is 10.5. The highest BCUT2D eigenvalue weighted by Crippen LogP contribution is 2.11. The predicted molar refractivity (Wildman–Crippen MR) is 131 cm³/mol. The van der Waals surface area contributed by atoms with Gasteiger partial charge in [0, 0.05) is 13.0 Å². The van der Waals surface area contributed by atoms with Gasteiger partial charge in [-0.05, 0) is 42.5 Å². The average Bonchev–Trinajstić information content (AvgIpc) is 2.82. The van der Waals surface area contributed by atoms with Gasteiger partial charge in [-0.15, -0.1) is 0 Å². The van der Waals surface area contributed by atoms with Gasteiger partial charge in [0.1, 0.15) is 17.8 Å². The molecule has 2 aromatic rings. The second-order valence-corrected chi connectivity index (χ2v) is 8.08. The van der Waals surface area contributed by atoms with Crippen LogP contribution in [0.5, 0.6) is 5.75 Å². The number of amides is 2. The summed E-state index contributed by atoms with van der Waals surface area (Å²) in [7, 11) is 0. The zero-order valence-corrected chi connectivity index (χ0v) is 19.3. The van der Waals surface area contributed by atoms with Crippen molar-refractivity contribution < 1.29 is 24.6 Å². The minimum absolute atomic E-state index is 0.0950. The maximum atomic E-state index is 13.0. The molecule has 0 fully saturated rings. The summed E-state index contributed by atoms with van der Waals surface area (Å²) in [6.07, 6.45) is 0.769. The largest absolute Gasteiger partial charge is 0.508 e. The molecule has 2 rings (SSSR count). The second-order valence-electron chi connectivity index (χ2n) is 8.08. The Bertz CT molecular complexity index is 1010. The molecule has 3 atom stereocenters. The van der Waals surface area contributed by atoms with E-state index < -0.39 is 35.9 Å². The number of aliphatic carboxylic acids is 1. The number of guanidine groups is 1. The molecule has 0 radical (unpaired) electrons. The molecule has 0 saturated heterocycles. The van der Waals surface area contributed by atoms with Crippen LogP contribution in [0.4, 0.5) is 0 Å². The maximum Gasteiger partial charge on any atom is 0.326 e. The van der Waals surface area contributed by atoms with E-state index in [1.807, 2.05) is 6.07 Å². The highest BCUT2D eigenvalue weighted by Gasteiger charge is 2.28. The molecule has 2 aromatic carbocycles.